The first-order valence-electron chi connectivity index (χ1n) is 4.84. The van der Waals surface area contributed by atoms with E-state index in [0.717, 1.165) is 45.5 Å². The standard InChI is InChI=1S/C9H18N2O2/c10-3-1-4-11-5-7-13-9(8-11)2-6-12/h6,9H,1-5,7-8,10H2. The van der Waals surface area contributed by atoms with E-state index in [-0.39, 0.29) is 6.10 Å². The van der Waals surface area contributed by atoms with Gasteiger partial charge in [0.15, 0.2) is 0 Å². The van der Waals surface area contributed by atoms with Gasteiger partial charge < -0.3 is 15.3 Å². The van der Waals surface area contributed by atoms with Crippen LogP contribution < -0.4 is 5.73 Å². The highest BCUT2D eigenvalue weighted by Gasteiger charge is 2.18. The lowest BCUT2D eigenvalue weighted by Gasteiger charge is -2.31. The van der Waals surface area contributed by atoms with Crippen molar-refractivity contribution in [3.63, 3.8) is 0 Å². The van der Waals surface area contributed by atoms with Crippen molar-refractivity contribution in [3.05, 3.63) is 0 Å². The summed E-state index contributed by atoms with van der Waals surface area (Å²) in [6.45, 7) is 4.34. The normalized spacial score (nSPS) is 24.5. The fourth-order valence-electron chi connectivity index (χ4n) is 1.55. The molecule has 0 spiro atoms. The van der Waals surface area contributed by atoms with Crippen molar-refractivity contribution < 1.29 is 9.53 Å². The SMILES string of the molecule is NCCCN1CCOC(CC=O)C1. The molecule has 0 amide bonds. The Morgan fingerprint density at radius 1 is 1.62 bits per heavy atom. The molecule has 1 heterocycles. The summed E-state index contributed by atoms with van der Waals surface area (Å²) in [5.41, 5.74) is 5.42. The molecule has 1 fully saturated rings. The molecule has 4 nitrogen and oxygen atoms in total. The van der Waals surface area contributed by atoms with E-state index < -0.39 is 0 Å². The van der Waals surface area contributed by atoms with Gasteiger partial charge in [-0.25, -0.2) is 0 Å². The van der Waals surface area contributed by atoms with Crippen LogP contribution in [0.5, 0.6) is 0 Å². The van der Waals surface area contributed by atoms with Gasteiger partial charge in [0, 0.05) is 19.5 Å². The summed E-state index contributed by atoms with van der Waals surface area (Å²) in [5.74, 6) is 0. The fraction of sp³-hybridized carbons (Fsp3) is 0.889. The molecule has 1 rings (SSSR count). The zero-order valence-electron chi connectivity index (χ0n) is 7.95. The third-order valence-electron chi connectivity index (χ3n) is 2.26. The topological polar surface area (TPSA) is 55.6 Å². The number of nitrogens with two attached hydrogens (primary N) is 1. The molecule has 1 aliphatic heterocycles. The smallest absolute Gasteiger partial charge is 0.122 e. The van der Waals surface area contributed by atoms with E-state index in [1.807, 2.05) is 0 Å². The van der Waals surface area contributed by atoms with E-state index >= 15 is 0 Å². The minimum absolute atomic E-state index is 0.101. The molecule has 0 radical (unpaired) electrons. The van der Waals surface area contributed by atoms with E-state index in [1.54, 1.807) is 0 Å². The number of ether oxygens (including phenoxy) is 1. The second-order valence-corrected chi connectivity index (χ2v) is 3.34. The monoisotopic (exact) mass is 186 g/mol. The van der Waals surface area contributed by atoms with Crippen molar-refractivity contribution in [2.75, 3.05) is 32.8 Å². The summed E-state index contributed by atoms with van der Waals surface area (Å²) in [6.07, 6.45) is 2.56. The summed E-state index contributed by atoms with van der Waals surface area (Å²) >= 11 is 0. The number of morpholine rings is 1. The third-order valence-corrected chi connectivity index (χ3v) is 2.26. The fourth-order valence-corrected chi connectivity index (χ4v) is 1.55. The molecule has 0 saturated carbocycles. The summed E-state index contributed by atoms with van der Waals surface area (Å²) in [4.78, 5) is 12.6. The van der Waals surface area contributed by atoms with Crippen LogP contribution in [0.15, 0.2) is 0 Å². The minimum Gasteiger partial charge on any atom is -0.375 e. The van der Waals surface area contributed by atoms with Crippen LogP contribution in [0.25, 0.3) is 0 Å². The Balaban J connectivity index is 2.20. The van der Waals surface area contributed by atoms with E-state index in [0.29, 0.717) is 6.42 Å². The second-order valence-electron chi connectivity index (χ2n) is 3.34. The Morgan fingerprint density at radius 3 is 3.15 bits per heavy atom. The van der Waals surface area contributed by atoms with Gasteiger partial charge in [0.25, 0.3) is 0 Å². The molecular weight excluding hydrogens is 168 g/mol. The second kappa shape index (κ2) is 6.07. The number of rotatable bonds is 5. The summed E-state index contributed by atoms with van der Waals surface area (Å²) in [7, 11) is 0. The van der Waals surface area contributed by atoms with Crippen LogP contribution in [0.4, 0.5) is 0 Å². The highest BCUT2D eigenvalue weighted by atomic mass is 16.5. The molecule has 0 aliphatic carbocycles. The largest absolute Gasteiger partial charge is 0.375 e. The van der Waals surface area contributed by atoms with Crippen LogP contribution in [-0.4, -0.2) is 50.1 Å². The van der Waals surface area contributed by atoms with Crippen LogP contribution in [0.2, 0.25) is 0 Å². The maximum absolute atomic E-state index is 10.3. The van der Waals surface area contributed by atoms with E-state index in [9.17, 15) is 4.79 Å². The third kappa shape index (κ3) is 3.85. The van der Waals surface area contributed by atoms with Gasteiger partial charge in [0.05, 0.1) is 12.7 Å². The summed E-state index contributed by atoms with van der Waals surface area (Å²) in [5, 5.41) is 0. The van der Waals surface area contributed by atoms with Gasteiger partial charge in [0.1, 0.15) is 6.29 Å². The average Bonchev–Trinajstić information content (AvgIpc) is 2.16. The predicted octanol–water partition coefficient (Wildman–Crippen LogP) is -0.375. The van der Waals surface area contributed by atoms with Crippen LogP contribution in [0, 0.1) is 0 Å². The zero-order chi connectivity index (χ0) is 9.52. The summed E-state index contributed by atoms with van der Waals surface area (Å²) in [6, 6.07) is 0. The lowest BCUT2D eigenvalue weighted by molar-refractivity contribution is -0.112. The maximum atomic E-state index is 10.3. The molecule has 0 bridgehead atoms. The van der Waals surface area contributed by atoms with Crippen LogP contribution in [0.3, 0.4) is 0 Å². The van der Waals surface area contributed by atoms with Crippen molar-refractivity contribution in [1.29, 1.82) is 0 Å². The van der Waals surface area contributed by atoms with Crippen molar-refractivity contribution in [1.82, 2.24) is 4.90 Å². The number of hydrogen-bond donors (Lipinski definition) is 1. The lowest BCUT2D eigenvalue weighted by atomic mass is 10.2. The van der Waals surface area contributed by atoms with Gasteiger partial charge in [-0.1, -0.05) is 0 Å². The molecule has 1 unspecified atom stereocenters. The average molecular weight is 186 g/mol. The van der Waals surface area contributed by atoms with E-state index in [1.165, 1.54) is 0 Å². The number of carbonyl (C=O) groups excluding carboxylic acids is 1. The first-order chi connectivity index (χ1) is 6.36. The Kier molecular flexibility index (Phi) is 4.97. The molecule has 13 heavy (non-hydrogen) atoms. The number of aldehydes is 1. The molecule has 0 aromatic carbocycles. The van der Waals surface area contributed by atoms with Crippen LogP contribution >= 0.6 is 0 Å². The van der Waals surface area contributed by atoms with Crippen molar-refractivity contribution in [3.8, 4) is 0 Å². The molecule has 1 aliphatic rings. The number of carbonyl (C=O) groups is 1. The molecule has 1 atom stereocenters. The van der Waals surface area contributed by atoms with Gasteiger partial charge in [0.2, 0.25) is 0 Å². The maximum Gasteiger partial charge on any atom is 0.122 e. The Morgan fingerprint density at radius 2 is 2.46 bits per heavy atom. The molecule has 0 aromatic heterocycles. The highest BCUT2D eigenvalue weighted by Crippen LogP contribution is 2.07. The molecule has 0 aromatic rings. The molecule has 2 N–H and O–H groups in total. The Labute approximate surface area is 79.0 Å². The molecular formula is C9H18N2O2. The number of nitrogens with zero attached hydrogens (tertiary/aromatic N) is 1. The van der Waals surface area contributed by atoms with Crippen molar-refractivity contribution in [2.45, 2.75) is 18.9 Å². The van der Waals surface area contributed by atoms with Crippen molar-refractivity contribution in [2.24, 2.45) is 5.73 Å². The Bertz CT molecular complexity index is 153. The lowest BCUT2D eigenvalue weighted by Crippen LogP contribution is -2.43. The van der Waals surface area contributed by atoms with Gasteiger partial charge in [-0.05, 0) is 19.5 Å². The zero-order valence-corrected chi connectivity index (χ0v) is 7.95. The van der Waals surface area contributed by atoms with E-state index in [4.69, 9.17) is 10.5 Å². The van der Waals surface area contributed by atoms with E-state index in [2.05, 4.69) is 4.90 Å². The molecule has 1 saturated heterocycles. The highest BCUT2D eigenvalue weighted by molar-refractivity contribution is 5.50. The number of hydrogen-bond acceptors (Lipinski definition) is 4. The first-order valence-corrected chi connectivity index (χ1v) is 4.84. The van der Waals surface area contributed by atoms with Crippen molar-refractivity contribution >= 4 is 6.29 Å². The van der Waals surface area contributed by atoms with Gasteiger partial charge in [-0.3, -0.25) is 4.90 Å². The van der Waals surface area contributed by atoms with Crippen LogP contribution in [0.1, 0.15) is 12.8 Å². The molecule has 76 valence electrons. The van der Waals surface area contributed by atoms with Gasteiger partial charge in [-0.15, -0.1) is 0 Å². The Hall–Kier alpha value is -0.450. The quantitative estimate of drug-likeness (QED) is 0.595. The van der Waals surface area contributed by atoms with Gasteiger partial charge in [-0.2, -0.15) is 0 Å². The van der Waals surface area contributed by atoms with Gasteiger partial charge >= 0.3 is 0 Å². The van der Waals surface area contributed by atoms with Crippen LogP contribution in [-0.2, 0) is 9.53 Å². The summed E-state index contributed by atoms with van der Waals surface area (Å²) < 4.78 is 5.42. The predicted molar refractivity (Wildman–Crippen MR) is 50.5 cm³/mol. The first kappa shape index (κ1) is 10.6. The molecule has 4 heteroatoms. The minimum atomic E-state index is 0.101.